The molecule has 0 saturated carbocycles. The summed E-state index contributed by atoms with van der Waals surface area (Å²) in [4.78, 5) is 10.4. The van der Waals surface area contributed by atoms with Crippen LogP contribution in [0.1, 0.15) is 6.92 Å². The Morgan fingerprint density at radius 1 is 1.75 bits per heavy atom. The Morgan fingerprint density at radius 2 is 2.25 bits per heavy atom. The first-order chi connectivity index (χ1) is 3.68. The van der Waals surface area contributed by atoms with Gasteiger partial charge >= 0.3 is 0 Å². The summed E-state index contributed by atoms with van der Waals surface area (Å²) in [5.74, 6) is -0.165. The van der Waals surface area contributed by atoms with Crippen LogP contribution in [0.2, 0.25) is 0 Å². The minimum Gasteiger partial charge on any atom is -0.293 e. The maximum absolute atomic E-state index is 10.4. The Bertz CT molecular complexity index is 107. The minimum atomic E-state index is -0.468. The van der Waals surface area contributed by atoms with E-state index in [1.54, 1.807) is 6.92 Å². The number of alkyl halides is 1. The zero-order valence-corrected chi connectivity index (χ0v) is 5.91. The summed E-state index contributed by atoms with van der Waals surface area (Å²) in [6, 6.07) is 0. The second-order valence-electron chi connectivity index (χ2n) is 1.31. The standard InChI is InChI=1S/C5H6Cl2O/c1-4(7)5(8)2-3-6/h2-4H,1H3/b3-2+. The van der Waals surface area contributed by atoms with Gasteiger partial charge in [0.25, 0.3) is 0 Å². The molecule has 1 unspecified atom stereocenters. The van der Waals surface area contributed by atoms with E-state index in [0.29, 0.717) is 0 Å². The molecular formula is C5H6Cl2O. The highest BCUT2D eigenvalue weighted by Crippen LogP contribution is 1.96. The first-order valence-electron chi connectivity index (χ1n) is 2.13. The maximum Gasteiger partial charge on any atom is 0.174 e. The molecule has 8 heavy (non-hydrogen) atoms. The van der Waals surface area contributed by atoms with Gasteiger partial charge in [0.1, 0.15) is 0 Å². The van der Waals surface area contributed by atoms with E-state index in [0.717, 1.165) is 5.54 Å². The lowest BCUT2D eigenvalue weighted by molar-refractivity contribution is -0.114. The van der Waals surface area contributed by atoms with E-state index in [1.807, 2.05) is 0 Å². The molecule has 0 aromatic rings. The van der Waals surface area contributed by atoms with Gasteiger partial charge in [0.05, 0.1) is 5.38 Å². The van der Waals surface area contributed by atoms with Crippen molar-refractivity contribution in [2.45, 2.75) is 12.3 Å². The number of allylic oxidation sites excluding steroid dienone is 1. The van der Waals surface area contributed by atoms with Crippen LogP contribution in [0.25, 0.3) is 0 Å². The van der Waals surface area contributed by atoms with Crippen LogP contribution in [0.5, 0.6) is 0 Å². The lowest BCUT2D eigenvalue weighted by atomic mass is 10.3. The van der Waals surface area contributed by atoms with Crippen LogP contribution in [-0.4, -0.2) is 11.2 Å². The highest BCUT2D eigenvalue weighted by Gasteiger charge is 2.02. The molecule has 0 aromatic heterocycles. The molecule has 0 spiro atoms. The molecule has 3 heteroatoms. The smallest absolute Gasteiger partial charge is 0.174 e. The Labute approximate surface area is 58.3 Å². The molecule has 0 aliphatic carbocycles. The van der Waals surface area contributed by atoms with Crippen molar-refractivity contribution in [1.29, 1.82) is 0 Å². The zero-order valence-electron chi connectivity index (χ0n) is 4.40. The maximum atomic E-state index is 10.4. The van der Waals surface area contributed by atoms with E-state index < -0.39 is 5.38 Å². The van der Waals surface area contributed by atoms with Crippen molar-refractivity contribution < 1.29 is 4.79 Å². The Morgan fingerprint density at radius 3 is 2.38 bits per heavy atom. The molecule has 0 radical (unpaired) electrons. The van der Waals surface area contributed by atoms with Gasteiger partial charge in [0.2, 0.25) is 0 Å². The van der Waals surface area contributed by atoms with Crippen molar-refractivity contribution in [1.82, 2.24) is 0 Å². The van der Waals surface area contributed by atoms with E-state index >= 15 is 0 Å². The van der Waals surface area contributed by atoms with Crippen LogP contribution in [-0.2, 0) is 4.79 Å². The molecule has 46 valence electrons. The number of carbonyl (C=O) groups is 1. The highest BCUT2D eigenvalue weighted by molar-refractivity contribution is 6.34. The molecular weight excluding hydrogens is 147 g/mol. The van der Waals surface area contributed by atoms with Crippen LogP contribution < -0.4 is 0 Å². The predicted molar refractivity (Wildman–Crippen MR) is 35.3 cm³/mol. The monoisotopic (exact) mass is 152 g/mol. The van der Waals surface area contributed by atoms with Crippen molar-refractivity contribution in [2.24, 2.45) is 0 Å². The fourth-order valence-electron chi connectivity index (χ4n) is 0.195. The van der Waals surface area contributed by atoms with E-state index in [9.17, 15) is 4.79 Å². The van der Waals surface area contributed by atoms with Crippen molar-refractivity contribution in [3.05, 3.63) is 11.6 Å². The second-order valence-corrected chi connectivity index (χ2v) is 2.22. The van der Waals surface area contributed by atoms with Crippen LogP contribution in [0, 0.1) is 0 Å². The fraction of sp³-hybridized carbons (Fsp3) is 0.400. The van der Waals surface area contributed by atoms with Gasteiger partial charge in [0.15, 0.2) is 5.78 Å². The predicted octanol–water partition coefficient (Wildman–Crippen LogP) is 1.94. The van der Waals surface area contributed by atoms with Crippen molar-refractivity contribution in [2.75, 3.05) is 0 Å². The van der Waals surface area contributed by atoms with Gasteiger partial charge in [-0.05, 0) is 13.0 Å². The summed E-state index contributed by atoms with van der Waals surface area (Å²) in [5, 5.41) is -0.468. The largest absolute Gasteiger partial charge is 0.293 e. The Kier molecular flexibility index (Phi) is 3.92. The zero-order chi connectivity index (χ0) is 6.57. The van der Waals surface area contributed by atoms with Gasteiger partial charge in [0, 0.05) is 5.54 Å². The highest BCUT2D eigenvalue weighted by atomic mass is 35.5. The SMILES string of the molecule is CC(Cl)C(=O)/C=C/Cl. The topological polar surface area (TPSA) is 17.1 Å². The van der Waals surface area contributed by atoms with Crippen LogP contribution in [0.15, 0.2) is 11.6 Å². The van der Waals surface area contributed by atoms with Crippen LogP contribution in [0.4, 0.5) is 0 Å². The van der Waals surface area contributed by atoms with Crippen molar-refractivity contribution >= 4 is 29.0 Å². The average molecular weight is 153 g/mol. The fourth-order valence-corrected chi connectivity index (χ4v) is 0.392. The third kappa shape index (κ3) is 3.05. The van der Waals surface area contributed by atoms with Gasteiger partial charge in [-0.3, -0.25) is 4.79 Å². The third-order valence-electron chi connectivity index (χ3n) is 0.619. The van der Waals surface area contributed by atoms with Crippen molar-refractivity contribution in [3.63, 3.8) is 0 Å². The average Bonchev–Trinajstić information content (AvgIpc) is 1.67. The Balaban J connectivity index is 3.66. The molecule has 0 aliphatic rings. The molecule has 0 rings (SSSR count). The lowest BCUT2D eigenvalue weighted by Crippen LogP contribution is -2.04. The van der Waals surface area contributed by atoms with E-state index in [-0.39, 0.29) is 5.78 Å². The van der Waals surface area contributed by atoms with Crippen LogP contribution in [0.3, 0.4) is 0 Å². The van der Waals surface area contributed by atoms with E-state index in [4.69, 9.17) is 23.2 Å². The normalized spacial score (nSPS) is 14.4. The molecule has 0 saturated heterocycles. The summed E-state index contributed by atoms with van der Waals surface area (Å²) in [6.45, 7) is 1.60. The molecule has 0 heterocycles. The Hall–Kier alpha value is -0.0100. The van der Waals surface area contributed by atoms with Gasteiger partial charge in [-0.25, -0.2) is 0 Å². The molecule has 0 aliphatic heterocycles. The molecule has 0 N–H and O–H groups in total. The summed E-state index contributed by atoms with van der Waals surface area (Å²) >= 11 is 10.4. The van der Waals surface area contributed by atoms with Crippen molar-refractivity contribution in [3.8, 4) is 0 Å². The molecule has 0 amide bonds. The number of carbonyl (C=O) groups excluding carboxylic acids is 1. The summed E-state index contributed by atoms with van der Waals surface area (Å²) in [5.41, 5.74) is 1.15. The number of ketones is 1. The van der Waals surface area contributed by atoms with E-state index in [1.165, 1.54) is 6.08 Å². The van der Waals surface area contributed by atoms with Gasteiger partial charge < -0.3 is 0 Å². The summed E-state index contributed by atoms with van der Waals surface area (Å²) < 4.78 is 0. The molecule has 0 bridgehead atoms. The summed E-state index contributed by atoms with van der Waals surface area (Å²) in [7, 11) is 0. The van der Waals surface area contributed by atoms with E-state index in [2.05, 4.69) is 0 Å². The first kappa shape index (κ1) is 7.99. The molecule has 1 atom stereocenters. The summed E-state index contributed by atoms with van der Waals surface area (Å²) in [6.07, 6.45) is 1.24. The lowest BCUT2D eigenvalue weighted by Gasteiger charge is -1.90. The number of rotatable bonds is 2. The quantitative estimate of drug-likeness (QED) is 0.437. The van der Waals surface area contributed by atoms with Crippen LogP contribution >= 0.6 is 23.2 Å². The number of hydrogen-bond donors (Lipinski definition) is 0. The molecule has 0 aromatic carbocycles. The molecule has 1 nitrogen and oxygen atoms in total. The van der Waals surface area contributed by atoms with Gasteiger partial charge in [-0.1, -0.05) is 11.6 Å². The first-order valence-corrected chi connectivity index (χ1v) is 3.00. The van der Waals surface area contributed by atoms with Gasteiger partial charge in [-0.2, -0.15) is 0 Å². The minimum absolute atomic E-state index is 0.165. The second kappa shape index (κ2) is 3.93. The number of hydrogen-bond acceptors (Lipinski definition) is 1. The third-order valence-corrected chi connectivity index (χ3v) is 0.960. The molecule has 0 fully saturated rings. The van der Waals surface area contributed by atoms with Gasteiger partial charge in [-0.15, -0.1) is 11.6 Å². The number of halogens is 2.